The molecule has 2 aromatic carbocycles. The Morgan fingerprint density at radius 1 is 1.15 bits per heavy atom. The second kappa shape index (κ2) is 8.80. The number of carbonyl (C=O) groups is 2. The van der Waals surface area contributed by atoms with Crippen molar-refractivity contribution in [1.29, 1.82) is 0 Å². The van der Waals surface area contributed by atoms with Crippen molar-refractivity contribution in [3.8, 4) is 0 Å². The second-order valence-corrected chi connectivity index (χ2v) is 6.02. The van der Waals surface area contributed by atoms with E-state index < -0.39 is 0 Å². The van der Waals surface area contributed by atoms with E-state index in [9.17, 15) is 9.59 Å². The zero-order valence-corrected chi connectivity index (χ0v) is 15.1. The largest absolute Gasteiger partial charge is 0.465 e. The molecule has 1 N–H and O–H groups in total. The van der Waals surface area contributed by atoms with Crippen LogP contribution in [0.2, 0.25) is 0 Å². The number of nitrogens with zero attached hydrogens (tertiary/aromatic N) is 2. The van der Waals surface area contributed by atoms with Crippen molar-refractivity contribution in [1.82, 2.24) is 14.9 Å². The quantitative estimate of drug-likeness (QED) is 0.398. The molecule has 0 aliphatic rings. The molecule has 0 aliphatic carbocycles. The molecule has 0 radical (unpaired) electrons. The number of ether oxygens (including phenoxy) is 1. The van der Waals surface area contributed by atoms with Gasteiger partial charge in [-0.3, -0.25) is 4.79 Å². The van der Waals surface area contributed by atoms with Crippen molar-refractivity contribution in [2.24, 2.45) is 0 Å². The van der Waals surface area contributed by atoms with E-state index in [1.807, 2.05) is 30.6 Å². The van der Waals surface area contributed by atoms with Crippen LogP contribution in [-0.2, 0) is 16.1 Å². The van der Waals surface area contributed by atoms with Gasteiger partial charge in [0.15, 0.2) is 0 Å². The summed E-state index contributed by atoms with van der Waals surface area (Å²) in [5.41, 5.74) is 3.38. The number of nitrogens with one attached hydrogen (secondary N) is 1. The van der Waals surface area contributed by atoms with Crippen molar-refractivity contribution >= 4 is 29.0 Å². The number of fused-ring (bicyclic) bond motifs is 1. The van der Waals surface area contributed by atoms with Gasteiger partial charge in [0.1, 0.15) is 0 Å². The average molecular weight is 363 g/mol. The molecule has 3 rings (SSSR count). The van der Waals surface area contributed by atoms with Crippen LogP contribution in [0.15, 0.2) is 60.9 Å². The molecular formula is C21H21N3O3. The Labute approximate surface area is 157 Å². The Balaban J connectivity index is 1.44. The van der Waals surface area contributed by atoms with E-state index >= 15 is 0 Å². The fourth-order valence-corrected chi connectivity index (χ4v) is 2.73. The lowest BCUT2D eigenvalue weighted by atomic mass is 10.1. The number of carbonyl (C=O) groups excluding carboxylic acids is 2. The summed E-state index contributed by atoms with van der Waals surface area (Å²) in [7, 11) is 1.34. The highest BCUT2D eigenvalue weighted by Gasteiger charge is 2.04. The maximum absolute atomic E-state index is 11.9. The number of aromatic nitrogens is 2. The summed E-state index contributed by atoms with van der Waals surface area (Å²) in [5, 5.41) is 2.87. The van der Waals surface area contributed by atoms with Gasteiger partial charge in [-0.25, -0.2) is 9.78 Å². The van der Waals surface area contributed by atoms with Gasteiger partial charge >= 0.3 is 5.97 Å². The van der Waals surface area contributed by atoms with Crippen LogP contribution in [0.4, 0.5) is 0 Å². The summed E-state index contributed by atoms with van der Waals surface area (Å²) in [6.45, 7) is 1.37. The highest BCUT2D eigenvalue weighted by Crippen LogP contribution is 2.12. The van der Waals surface area contributed by atoms with Crippen LogP contribution in [-0.4, -0.2) is 35.1 Å². The van der Waals surface area contributed by atoms with Crippen LogP contribution < -0.4 is 5.32 Å². The molecule has 0 saturated heterocycles. The zero-order chi connectivity index (χ0) is 19.1. The number of benzene rings is 2. The van der Waals surface area contributed by atoms with Gasteiger partial charge in [-0.2, -0.15) is 0 Å². The van der Waals surface area contributed by atoms with Gasteiger partial charge < -0.3 is 14.6 Å². The predicted molar refractivity (Wildman–Crippen MR) is 104 cm³/mol. The zero-order valence-electron chi connectivity index (χ0n) is 15.1. The number of hydrogen-bond donors (Lipinski definition) is 1. The topological polar surface area (TPSA) is 73.2 Å². The van der Waals surface area contributed by atoms with E-state index in [0.29, 0.717) is 12.1 Å². The van der Waals surface area contributed by atoms with E-state index in [1.165, 1.54) is 13.2 Å². The molecule has 3 aromatic rings. The fraction of sp³-hybridized carbons (Fsp3) is 0.190. The second-order valence-electron chi connectivity index (χ2n) is 6.02. The first-order valence-corrected chi connectivity index (χ1v) is 8.71. The molecule has 0 spiro atoms. The van der Waals surface area contributed by atoms with Crippen LogP contribution >= 0.6 is 0 Å². The number of hydrogen-bond acceptors (Lipinski definition) is 4. The molecule has 0 saturated carbocycles. The minimum atomic E-state index is -0.381. The number of methoxy groups -OCH3 is 1. The number of imidazole rings is 1. The number of esters is 1. The lowest BCUT2D eigenvalue weighted by molar-refractivity contribution is -0.116. The van der Waals surface area contributed by atoms with Gasteiger partial charge in [-0.1, -0.05) is 24.3 Å². The highest BCUT2D eigenvalue weighted by molar-refractivity contribution is 5.92. The van der Waals surface area contributed by atoms with Crippen molar-refractivity contribution in [3.05, 3.63) is 72.1 Å². The summed E-state index contributed by atoms with van der Waals surface area (Å²) < 4.78 is 6.74. The van der Waals surface area contributed by atoms with Crippen molar-refractivity contribution in [3.63, 3.8) is 0 Å². The minimum absolute atomic E-state index is 0.150. The lowest BCUT2D eigenvalue weighted by Gasteiger charge is -2.05. The molecular weight excluding hydrogens is 342 g/mol. The number of amides is 1. The summed E-state index contributed by atoms with van der Waals surface area (Å²) >= 11 is 0. The maximum atomic E-state index is 11.9. The summed E-state index contributed by atoms with van der Waals surface area (Å²) in [6.07, 6.45) is 5.83. The fourth-order valence-electron chi connectivity index (χ4n) is 2.73. The highest BCUT2D eigenvalue weighted by atomic mass is 16.5. The SMILES string of the molecule is COC(=O)c1ccc(/C=C/C(=O)NCCCn2cnc3ccccc32)cc1. The number of aryl methyl sites for hydroxylation is 1. The normalized spacial score (nSPS) is 11.0. The van der Waals surface area contributed by atoms with Crippen molar-refractivity contribution in [2.45, 2.75) is 13.0 Å². The van der Waals surface area contributed by atoms with Crippen molar-refractivity contribution < 1.29 is 14.3 Å². The molecule has 6 nitrogen and oxygen atoms in total. The van der Waals surface area contributed by atoms with E-state index in [0.717, 1.165) is 29.6 Å². The third-order valence-corrected chi connectivity index (χ3v) is 4.16. The van der Waals surface area contributed by atoms with Gasteiger partial charge in [-0.15, -0.1) is 0 Å². The molecule has 0 unspecified atom stereocenters. The van der Waals surface area contributed by atoms with Gasteiger partial charge in [0.25, 0.3) is 0 Å². The van der Waals surface area contributed by atoms with Gasteiger partial charge in [0.2, 0.25) is 5.91 Å². The standard InChI is InChI=1S/C21H21N3O3/c1-27-21(26)17-10-7-16(8-11-17)9-12-20(25)22-13-4-14-24-15-23-18-5-2-3-6-19(18)24/h2-3,5-12,15H,4,13-14H2,1H3,(H,22,25)/b12-9+. The number of para-hydroxylation sites is 2. The van der Waals surface area contributed by atoms with Crippen LogP contribution in [0.1, 0.15) is 22.3 Å². The smallest absolute Gasteiger partial charge is 0.337 e. The molecule has 138 valence electrons. The van der Waals surface area contributed by atoms with E-state index in [-0.39, 0.29) is 11.9 Å². The average Bonchev–Trinajstić information content (AvgIpc) is 3.12. The van der Waals surface area contributed by atoms with Gasteiger partial charge in [-0.05, 0) is 42.3 Å². The van der Waals surface area contributed by atoms with E-state index in [1.54, 1.807) is 30.3 Å². The molecule has 6 heteroatoms. The minimum Gasteiger partial charge on any atom is -0.465 e. The first-order valence-electron chi connectivity index (χ1n) is 8.71. The summed E-state index contributed by atoms with van der Waals surface area (Å²) in [4.78, 5) is 27.7. The van der Waals surface area contributed by atoms with Crippen LogP contribution in [0.3, 0.4) is 0 Å². The Kier molecular flexibility index (Phi) is 5.99. The summed E-state index contributed by atoms with van der Waals surface area (Å²) in [5.74, 6) is -0.531. The maximum Gasteiger partial charge on any atom is 0.337 e. The monoisotopic (exact) mass is 363 g/mol. The van der Waals surface area contributed by atoms with Crippen LogP contribution in [0.25, 0.3) is 17.1 Å². The van der Waals surface area contributed by atoms with Crippen LogP contribution in [0, 0.1) is 0 Å². The molecule has 27 heavy (non-hydrogen) atoms. The Hall–Kier alpha value is -3.41. The predicted octanol–water partition coefficient (Wildman–Crippen LogP) is 3.04. The molecule has 0 atom stereocenters. The molecule has 0 fully saturated rings. The number of rotatable bonds is 7. The molecule has 1 amide bonds. The molecule has 0 bridgehead atoms. The van der Waals surface area contributed by atoms with Crippen LogP contribution in [0.5, 0.6) is 0 Å². The van der Waals surface area contributed by atoms with Gasteiger partial charge in [0, 0.05) is 19.2 Å². The molecule has 1 aromatic heterocycles. The van der Waals surface area contributed by atoms with E-state index in [2.05, 4.69) is 19.6 Å². The molecule has 1 heterocycles. The van der Waals surface area contributed by atoms with Gasteiger partial charge in [0.05, 0.1) is 30.0 Å². The first-order chi connectivity index (χ1) is 13.2. The third-order valence-electron chi connectivity index (χ3n) is 4.16. The first kappa shape index (κ1) is 18.4. The van der Waals surface area contributed by atoms with Crippen molar-refractivity contribution in [2.75, 3.05) is 13.7 Å². The van der Waals surface area contributed by atoms with E-state index in [4.69, 9.17) is 0 Å². The Bertz CT molecular complexity index is 958. The lowest BCUT2D eigenvalue weighted by Crippen LogP contribution is -2.23. The summed E-state index contributed by atoms with van der Waals surface area (Å²) in [6, 6.07) is 14.8. The Morgan fingerprint density at radius 3 is 2.70 bits per heavy atom. The third kappa shape index (κ3) is 4.82. The molecule has 0 aliphatic heterocycles. The Morgan fingerprint density at radius 2 is 1.93 bits per heavy atom.